The quantitative estimate of drug-likeness (QED) is 0.689. The molecule has 0 bridgehead atoms. The second-order valence-corrected chi connectivity index (χ2v) is 3.67. The summed E-state index contributed by atoms with van der Waals surface area (Å²) in [4.78, 5) is 11.8. The Morgan fingerprint density at radius 2 is 2.27 bits per heavy atom. The normalized spacial score (nSPS) is 20.1. The molecule has 0 N–H and O–H groups in total. The van der Waals surface area contributed by atoms with E-state index in [9.17, 15) is 4.79 Å². The summed E-state index contributed by atoms with van der Waals surface area (Å²) in [5.41, 5.74) is 0.717. The average molecular weight is 202 g/mol. The highest BCUT2D eigenvalue weighted by atomic mass is 16.5. The van der Waals surface area contributed by atoms with Gasteiger partial charge in [-0.05, 0) is 19.1 Å². The molecule has 1 unspecified atom stereocenters. The monoisotopic (exact) mass is 202 g/mol. The molecule has 1 aliphatic heterocycles. The fourth-order valence-corrected chi connectivity index (χ4v) is 1.76. The SMILES string of the molecule is C/C=C/CC1CC(=O)c2ccccc2O1. The van der Waals surface area contributed by atoms with Crippen LogP contribution in [0.15, 0.2) is 36.4 Å². The fourth-order valence-electron chi connectivity index (χ4n) is 1.76. The molecule has 15 heavy (non-hydrogen) atoms. The van der Waals surface area contributed by atoms with Gasteiger partial charge in [0.25, 0.3) is 0 Å². The Labute approximate surface area is 89.6 Å². The predicted molar refractivity (Wildman–Crippen MR) is 59.2 cm³/mol. The van der Waals surface area contributed by atoms with Gasteiger partial charge in [-0.25, -0.2) is 0 Å². The van der Waals surface area contributed by atoms with Crippen molar-refractivity contribution in [1.82, 2.24) is 0 Å². The summed E-state index contributed by atoms with van der Waals surface area (Å²) >= 11 is 0. The number of fused-ring (bicyclic) bond motifs is 1. The van der Waals surface area contributed by atoms with Crippen LogP contribution in [-0.2, 0) is 0 Å². The minimum atomic E-state index is 0.00333. The van der Waals surface area contributed by atoms with Crippen molar-refractivity contribution in [3.8, 4) is 5.75 Å². The van der Waals surface area contributed by atoms with Gasteiger partial charge in [0.2, 0.25) is 0 Å². The molecule has 0 aliphatic carbocycles. The first-order valence-electron chi connectivity index (χ1n) is 5.21. The third-order valence-electron chi connectivity index (χ3n) is 2.53. The molecule has 1 aromatic rings. The Kier molecular flexibility index (Phi) is 2.86. The zero-order valence-electron chi connectivity index (χ0n) is 8.77. The van der Waals surface area contributed by atoms with E-state index in [1.807, 2.05) is 43.3 Å². The Bertz CT molecular complexity index is 393. The number of carbonyl (C=O) groups excluding carboxylic acids is 1. The first-order valence-corrected chi connectivity index (χ1v) is 5.21. The maximum Gasteiger partial charge on any atom is 0.170 e. The van der Waals surface area contributed by atoms with Gasteiger partial charge in [0, 0.05) is 12.8 Å². The van der Waals surface area contributed by atoms with E-state index < -0.39 is 0 Å². The summed E-state index contributed by atoms with van der Waals surface area (Å²) in [5, 5.41) is 0. The number of para-hydroxylation sites is 1. The molecule has 0 radical (unpaired) electrons. The predicted octanol–water partition coefficient (Wildman–Crippen LogP) is 2.99. The maximum absolute atomic E-state index is 11.8. The lowest BCUT2D eigenvalue weighted by atomic mass is 9.99. The molecular weight excluding hydrogens is 188 g/mol. The summed E-state index contributed by atoms with van der Waals surface area (Å²) in [6.07, 6.45) is 5.31. The van der Waals surface area contributed by atoms with Crippen molar-refractivity contribution in [3.05, 3.63) is 42.0 Å². The number of Topliss-reactive ketones (excluding diaryl/α,β-unsaturated/α-hetero) is 1. The van der Waals surface area contributed by atoms with Crippen LogP contribution >= 0.6 is 0 Å². The highest BCUT2D eigenvalue weighted by molar-refractivity contribution is 5.99. The molecule has 1 aliphatic rings. The minimum absolute atomic E-state index is 0.00333. The molecule has 0 fully saturated rings. The van der Waals surface area contributed by atoms with Crippen molar-refractivity contribution in [1.29, 1.82) is 0 Å². The van der Waals surface area contributed by atoms with Gasteiger partial charge in [-0.3, -0.25) is 4.79 Å². The molecule has 78 valence electrons. The van der Waals surface area contributed by atoms with Crippen molar-refractivity contribution in [2.24, 2.45) is 0 Å². The number of ketones is 1. The second-order valence-electron chi connectivity index (χ2n) is 3.67. The van der Waals surface area contributed by atoms with Crippen LogP contribution in [-0.4, -0.2) is 11.9 Å². The molecule has 0 saturated heterocycles. The number of benzene rings is 1. The molecule has 0 spiro atoms. The third kappa shape index (κ3) is 2.09. The van der Waals surface area contributed by atoms with Crippen LogP contribution in [0.5, 0.6) is 5.75 Å². The van der Waals surface area contributed by atoms with Gasteiger partial charge in [-0.15, -0.1) is 0 Å². The number of rotatable bonds is 2. The number of carbonyl (C=O) groups is 1. The zero-order chi connectivity index (χ0) is 10.7. The van der Waals surface area contributed by atoms with Gasteiger partial charge in [-0.1, -0.05) is 24.3 Å². The first kappa shape index (κ1) is 9.97. The summed E-state index contributed by atoms with van der Waals surface area (Å²) in [6, 6.07) is 7.44. The van der Waals surface area contributed by atoms with Gasteiger partial charge in [0.05, 0.1) is 5.56 Å². The Hall–Kier alpha value is -1.57. The molecule has 1 heterocycles. The minimum Gasteiger partial charge on any atom is -0.489 e. The number of hydrogen-bond acceptors (Lipinski definition) is 2. The van der Waals surface area contributed by atoms with E-state index >= 15 is 0 Å². The lowest BCUT2D eigenvalue weighted by Gasteiger charge is -2.24. The van der Waals surface area contributed by atoms with Crippen molar-refractivity contribution in [2.45, 2.75) is 25.9 Å². The van der Waals surface area contributed by atoms with Gasteiger partial charge in [0.15, 0.2) is 5.78 Å². The smallest absolute Gasteiger partial charge is 0.170 e. The summed E-state index contributed by atoms with van der Waals surface area (Å²) in [6.45, 7) is 1.97. The van der Waals surface area contributed by atoms with Gasteiger partial charge in [-0.2, -0.15) is 0 Å². The van der Waals surface area contributed by atoms with Crippen LogP contribution in [0.25, 0.3) is 0 Å². The fraction of sp³-hybridized carbons (Fsp3) is 0.308. The summed E-state index contributed by atoms with van der Waals surface area (Å²) < 4.78 is 5.73. The van der Waals surface area contributed by atoms with E-state index in [1.165, 1.54) is 0 Å². The van der Waals surface area contributed by atoms with Crippen LogP contribution in [0.1, 0.15) is 30.1 Å². The van der Waals surface area contributed by atoms with E-state index in [1.54, 1.807) is 0 Å². The third-order valence-corrected chi connectivity index (χ3v) is 2.53. The van der Waals surface area contributed by atoms with Gasteiger partial charge >= 0.3 is 0 Å². The number of allylic oxidation sites excluding steroid dienone is 1. The van der Waals surface area contributed by atoms with Crippen LogP contribution in [0.3, 0.4) is 0 Å². The molecule has 1 aromatic carbocycles. The van der Waals surface area contributed by atoms with Gasteiger partial charge < -0.3 is 4.74 Å². The summed E-state index contributed by atoms with van der Waals surface area (Å²) in [5.74, 6) is 0.912. The van der Waals surface area contributed by atoms with E-state index in [0.29, 0.717) is 12.0 Å². The molecule has 0 aromatic heterocycles. The molecule has 1 atom stereocenters. The molecular formula is C13H14O2. The standard InChI is InChI=1S/C13H14O2/c1-2-3-6-10-9-12(14)11-7-4-5-8-13(11)15-10/h2-5,7-8,10H,6,9H2,1H3/b3-2+. The molecule has 2 rings (SSSR count). The molecule has 2 heteroatoms. The van der Waals surface area contributed by atoms with Crippen molar-refractivity contribution < 1.29 is 9.53 Å². The van der Waals surface area contributed by atoms with E-state index in [4.69, 9.17) is 4.74 Å². The van der Waals surface area contributed by atoms with Crippen molar-refractivity contribution in [3.63, 3.8) is 0 Å². The molecule has 0 saturated carbocycles. The Morgan fingerprint density at radius 1 is 1.47 bits per heavy atom. The lowest BCUT2D eigenvalue weighted by molar-refractivity contribution is 0.0854. The number of ether oxygens (including phenoxy) is 1. The molecule has 0 amide bonds. The highest BCUT2D eigenvalue weighted by Gasteiger charge is 2.24. The van der Waals surface area contributed by atoms with Crippen LogP contribution in [0.4, 0.5) is 0 Å². The zero-order valence-corrected chi connectivity index (χ0v) is 8.77. The maximum atomic E-state index is 11.8. The highest BCUT2D eigenvalue weighted by Crippen LogP contribution is 2.28. The summed E-state index contributed by atoms with van der Waals surface area (Å²) in [7, 11) is 0. The lowest BCUT2D eigenvalue weighted by Crippen LogP contribution is -2.26. The second kappa shape index (κ2) is 4.30. The van der Waals surface area contributed by atoms with Crippen LogP contribution in [0, 0.1) is 0 Å². The average Bonchev–Trinajstić information content (AvgIpc) is 2.26. The van der Waals surface area contributed by atoms with Crippen molar-refractivity contribution in [2.75, 3.05) is 0 Å². The van der Waals surface area contributed by atoms with Crippen LogP contribution in [0.2, 0.25) is 0 Å². The number of hydrogen-bond donors (Lipinski definition) is 0. The van der Waals surface area contributed by atoms with Crippen molar-refractivity contribution >= 4 is 5.78 Å². The van der Waals surface area contributed by atoms with E-state index in [2.05, 4.69) is 0 Å². The Morgan fingerprint density at radius 3 is 3.07 bits per heavy atom. The molecule has 2 nitrogen and oxygen atoms in total. The largest absolute Gasteiger partial charge is 0.489 e. The van der Waals surface area contributed by atoms with E-state index in [-0.39, 0.29) is 11.9 Å². The van der Waals surface area contributed by atoms with E-state index in [0.717, 1.165) is 12.2 Å². The van der Waals surface area contributed by atoms with Crippen LogP contribution < -0.4 is 4.74 Å². The van der Waals surface area contributed by atoms with Gasteiger partial charge in [0.1, 0.15) is 11.9 Å². The Balaban J connectivity index is 2.19. The first-order chi connectivity index (χ1) is 7.31. The topological polar surface area (TPSA) is 26.3 Å².